The van der Waals surface area contributed by atoms with Crippen LogP contribution in [-0.4, -0.2) is 37.9 Å². The molecule has 0 unspecified atom stereocenters. The molecule has 0 spiro atoms. The minimum atomic E-state index is -0.760. The van der Waals surface area contributed by atoms with Crippen LogP contribution < -0.4 is 14.8 Å². The van der Waals surface area contributed by atoms with E-state index in [1.54, 1.807) is 7.11 Å². The number of methoxy groups -OCH3 is 1. The third-order valence-electron chi connectivity index (χ3n) is 3.45. The third-order valence-corrected chi connectivity index (χ3v) is 3.45. The minimum absolute atomic E-state index is 0.0254. The summed E-state index contributed by atoms with van der Waals surface area (Å²) < 4.78 is 10.8. The van der Waals surface area contributed by atoms with Gasteiger partial charge in [0.1, 0.15) is 0 Å². The number of hydrogen-bond donors (Lipinski definition) is 2. The summed E-state index contributed by atoms with van der Waals surface area (Å²) in [5.74, 6) is 0.163. The molecule has 0 saturated carbocycles. The van der Waals surface area contributed by atoms with Gasteiger partial charge in [-0.05, 0) is 24.6 Å². The van der Waals surface area contributed by atoms with Crippen molar-refractivity contribution in [2.75, 3.05) is 26.8 Å². The van der Waals surface area contributed by atoms with E-state index >= 15 is 0 Å². The number of carboxylic acids is 1. The first kappa shape index (κ1) is 13.7. The fourth-order valence-electron chi connectivity index (χ4n) is 2.48. The fourth-order valence-corrected chi connectivity index (χ4v) is 2.48. The van der Waals surface area contributed by atoms with Crippen molar-refractivity contribution in [2.45, 2.75) is 12.8 Å². The molecule has 0 aromatic heterocycles. The molecule has 0 aliphatic carbocycles. The Balaban J connectivity index is 2.29. The second-order valence-electron chi connectivity index (χ2n) is 4.55. The standard InChI is InChI=1S/C14H19NO4/c1-3-19-13-6-9(4-5-12(13)18-2)10-7-15-8-11(10)14(16)17/h4-6,10-11,15H,3,7-8H2,1-2H3,(H,16,17)/t10-,11+/m0/s1. The zero-order chi connectivity index (χ0) is 13.8. The van der Waals surface area contributed by atoms with Crippen LogP contribution in [0.15, 0.2) is 18.2 Å². The van der Waals surface area contributed by atoms with Gasteiger partial charge >= 0.3 is 5.97 Å². The molecule has 1 fully saturated rings. The lowest BCUT2D eigenvalue weighted by Crippen LogP contribution is -2.21. The number of ether oxygens (including phenoxy) is 2. The van der Waals surface area contributed by atoms with Crippen LogP contribution in [0.4, 0.5) is 0 Å². The number of benzene rings is 1. The van der Waals surface area contributed by atoms with Crippen molar-refractivity contribution in [1.82, 2.24) is 5.32 Å². The molecule has 5 heteroatoms. The number of aliphatic carboxylic acids is 1. The van der Waals surface area contributed by atoms with Crippen LogP contribution in [0.25, 0.3) is 0 Å². The van der Waals surface area contributed by atoms with Crippen LogP contribution >= 0.6 is 0 Å². The van der Waals surface area contributed by atoms with Gasteiger partial charge in [0.25, 0.3) is 0 Å². The maximum absolute atomic E-state index is 11.2. The number of carboxylic acid groups (broad SMARTS) is 1. The van der Waals surface area contributed by atoms with Crippen molar-refractivity contribution < 1.29 is 19.4 Å². The van der Waals surface area contributed by atoms with Crippen molar-refractivity contribution in [3.63, 3.8) is 0 Å². The van der Waals surface area contributed by atoms with E-state index in [1.807, 2.05) is 25.1 Å². The van der Waals surface area contributed by atoms with Crippen molar-refractivity contribution in [2.24, 2.45) is 5.92 Å². The number of nitrogens with one attached hydrogen (secondary N) is 1. The summed E-state index contributed by atoms with van der Waals surface area (Å²) >= 11 is 0. The Morgan fingerprint density at radius 2 is 2.21 bits per heavy atom. The lowest BCUT2D eigenvalue weighted by Gasteiger charge is -2.17. The van der Waals surface area contributed by atoms with Gasteiger partial charge in [-0.1, -0.05) is 6.07 Å². The Hall–Kier alpha value is -1.75. The van der Waals surface area contributed by atoms with E-state index in [2.05, 4.69) is 5.32 Å². The quantitative estimate of drug-likeness (QED) is 0.844. The largest absolute Gasteiger partial charge is 0.493 e. The summed E-state index contributed by atoms with van der Waals surface area (Å²) in [7, 11) is 1.59. The Morgan fingerprint density at radius 3 is 2.84 bits per heavy atom. The first-order chi connectivity index (χ1) is 9.17. The van der Waals surface area contributed by atoms with Crippen molar-refractivity contribution in [1.29, 1.82) is 0 Å². The van der Waals surface area contributed by atoms with Crippen LogP contribution in [0.5, 0.6) is 11.5 Å². The smallest absolute Gasteiger partial charge is 0.308 e. The number of carbonyl (C=O) groups is 1. The van der Waals surface area contributed by atoms with E-state index in [9.17, 15) is 9.90 Å². The van der Waals surface area contributed by atoms with Crippen LogP contribution in [0.1, 0.15) is 18.4 Å². The van der Waals surface area contributed by atoms with Gasteiger partial charge in [-0.2, -0.15) is 0 Å². The molecule has 0 bridgehead atoms. The lowest BCUT2D eigenvalue weighted by molar-refractivity contribution is -0.141. The SMILES string of the molecule is CCOc1cc([C@@H]2CNC[C@H]2C(=O)O)ccc1OC. The molecule has 1 saturated heterocycles. The Morgan fingerprint density at radius 1 is 1.42 bits per heavy atom. The predicted molar refractivity (Wildman–Crippen MR) is 70.9 cm³/mol. The third kappa shape index (κ3) is 2.81. The molecule has 1 heterocycles. The lowest BCUT2D eigenvalue weighted by atomic mass is 9.89. The minimum Gasteiger partial charge on any atom is -0.493 e. The number of hydrogen-bond acceptors (Lipinski definition) is 4. The maximum atomic E-state index is 11.2. The molecule has 2 atom stereocenters. The van der Waals surface area contributed by atoms with E-state index in [-0.39, 0.29) is 11.8 Å². The van der Waals surface area contributed by atoms with Crippen LogP contribution in [-0.2, 0) is 4.79 Å². The van der Waals surface area contributed by atoms with E-state index in [0.717, 1.165) is 5.56 Å². The summed E-state index contributed by atoms with van der Waals surface area (Å²) in [5.41, 5.74) is 0.974. The van der Waals surface area contributed by atoms with Crippen molar-refractivity contribution in [3.8, 4) is 11.5 Å². The van der Waals surface area contributed by atoms with Gasteiger partial charge in [0.05, 0.1) is 19.6 Å². The second kappa shape index (κ2) is 5.93. The monoisotopic (exact) mass is 265 g/mol. The average molecular weight is 265 g/mol. The highest BCUT2D eigenvalue weighted by Crippen LogP contribution is 2.35. The highest BCUT2D eigenvalue weighted by Gasteiger charge is 2.34. The first-order valence-corrected chi connectivity index (χ1v) is 6.41. The molecule has 19 heavy (non-hydrogen) atoms. The average Bonchev–Trinajstić information content (AvgIpc) is 2.88. The van der Waals surface area contributed by atoms with Gasteiger partial charge in [-0.15, -0.1) is 0 Å². The summed E-state index contributed by atoms with van der Waals surface area (Å²) in [6.07, 6.45) is 0. The molecule has 104 valence electrons. The molecule has 1 aromatic rings. The normalized spacial score (nSPS) is 22.2. The first-order valence-electron chi connectivity index (χ1n) is 6.41. The molecular formula is C14H19NO4. The Labute approximate surface area is 112 Å². The summed E-state index contributed by atoms with van der Waals surface area (Å²) in [5, 5.41) is 12.4. The summed E-state index contributed by atoms with van der Waals surface area (Å²) in [6.45, 7) is 3.64. The fraction of sp³-hybridized carbons (Fsp3) is 0.500. The zero-order valence-electron chi connectivity index (χ0n) is 11.2. The predicted octanol–water partition coefficient (Wildman–Crippen LogP) is 1.48. The van der Waals surface area contributed by atoms with Gasteiger partial charge < -0.3 is 19.9 Å². The molecule has 1 aliphatic rings. The molecular weight excluding hydrogens is 246 g/mol. The van der Waals surface area contributed by atoms with E-state index < -0.39 is 5.97 Å². The molecule has 2 N–H and O–H groups in total. The van der Waals surface area contributed by atoms with E-state index in [4.69, 9.17) is 9.47 Å². The van der Waals surface area contributed by atoms with Crippen molar-refractivity contribution >= 4 is 5.97 Å². The van der Waals surface area contributed by atoms with Gasteiger partial charge in [-0.3, -0.25) is 4.79 Å². The van der Waals surface area contributed by atoms with Crippen LogP contribution in [0.3, 0.4) is 0 Å². The summed E-state index contributed by atoms with van der Waals surface area (Å²) in [4.78, 5) is 11.2. The molecule has 0 radical (unpaired) electrons. The Bertz CT molecular complexity index is 461. The molecule has 2 rings (SSSR count). The van der Waals surface area contributed by atoms with Crippen molar-refractivity contribution in [3.05, 3.63) is 23.8 Å². The Kier molecular flexibility index (Phi) is 4.27. The maximum Gasteiger partial charge on any atom is 0.308 e. The van der Waals surface area contributed by atoms with Gasteiger partial charge in [0, 0.05) is 19.0 Å². The molecule has 1 aromatic carbocycles. The van der Waals surface area contributed by atoms with Gasteiger partial charge in [0.15, 0.2) is 11.5 Å². The highest BCUT2D eigenvalue weighted by atomic mass is 16.5. The highest BCUT2D eigenvalue weighted by molar-refractivity contribution is 5.72. The zero-order valence-corrected chi connectivity index (χ0v) is 11.2. The van der Waals surface area contributed by atoms with Gasteiger partial charge in [0.2, 0.25) is 0 Å². The summed E-state index contributed by atoms with van der Waals surface area (Å²) in [6, 6.07) is 5.63. The van der Waals surface area contributed by atoms with Crippen LogP contribution in [0.2, 0.25) is 0 Å². The van der Waals surface area contributed by atoms with E-state index in [0.29, 0.717) is 31.2 Å². The topological polar surface area (TPSA) is 67.8 Å². The molecule has 0 amide bonds. The molecule has 5 nitrogen and oxygen atoms in total. The van der Waals surface area contributed by atoms with E-state index in [1.165, 1.54) is 0 Å². The molecule has 1 aliphatic heterocycles. The van der Waals surface area contributed by atoms with Crippen LogP contribution in [0, 0.1) is 5.92 Å². The number of rotatable bonds is 5. The second-order valence-corrected chi connectivity index (χ2v) is 4.55. The van der Waals surface area contributed by atoms with Gasteiger partial charge in [-0.25, -0.2) is 0 Å².